The van der Waals surface area contributed by atoms with Crippen LogP contribution < -0.4 is 20.1 Å². The minimum atomic E-state index is -4.32. The van der Waals surface area contributed by atoms with Crippen LogP contribution in [-0.2, 0) is 30.9 Å². The summed E-state index contributed by atoms with van der Waals surface area (Å²) >= 11 is 5.89. The number of nitro benzene ring substituents is 1. The van der Waals surface area contributed by atoms with Gasteiger partial charge in [0.2, 0.25) is 10.0 Å². The summed E-state index contributed by atoms with van der Waals surface area (Å²) in [6, 6.07) is 11.1. The van der Waals surface area contributed by atoms with Crippen molar-refractivity contribution in [2.45, 2.75) is 11.4 Å². The number of carbonyl (C=O) groups excluding carboxylic acids is 2. The lowest BCUT2D eigenvalue weighted by molar-refractivity contribution is -0.384. The summed E-state index contributed by atoms with van der Waals surface area (Å²) in [7, 11) is -2.93. The van der Waals surface area contributed by atoms with Crippen molar-refractivity contribution < 1.29 is 36.8 Å². The van der Waals surface area contributed by atoms with Gasteiger partial charge < -0.3 is 24.5 Å². The molecule has 0 aliphatic heterocycles. The second kappa shape index (κ2) is 12.2. The lowest BCUT2D eigenvalue weighted by Crippen LogP contribution is -2.32. The monoisotopic (exact) mass is 552 g/mol. The van der Waals surface area contributed by atoms with Gasteiger partial charge in [-0.05, 0) is 42.5 Å². The van der Waals surface area contributed by atoms with Crippen LogP contribution in [0, 0.1) is 10.1 Å². The molecule has 1 amide bonds. The van der Waals surface area contributed by atoms with Gasteiger partial charge in [0.25, 0.3) is 11.6 Å². The highest BCUT2D eigenvalue weighted by molar-refractivity contribution is 7.89. The quantitative estimate of drug-likeness (QED) is 0.172. The molecule has 15 heteroatoms. The third-order valence-electron chi connectivity index (χ3n) is 4.72. The van der Waals surface area contributed by atoms with E-state index in [2.05, 4.69) is 10.6 Å². The van der Waals surface area contributed by atoms with Crippen LogP contribution >= 0.6 is 11.6 Å². The number of furan rings is 1. The van der Waals surface area contributed by atoms with Gasteiger partial charge in [-0.1, -0.05) is 11.6 Å². The number of sulfonamides is 1. The number of rotatable bonds is 12. The number of benzene rings is 2. The van der Waals surface area contributed by atoms with Crippen LogP contribution in [0.25, 0.3) is 0 Å². The van der Waals surface area contributed by atoms with Gasteiger partial charge in [-0.25, -0.2) is 8.42 Å². The number of nitrogens with one attached hydrogen (secondary N) is 3. The number of esters is 1. The summed E-state index contributed by atoms with van der Waals surface area (Å²) in [6.07, 6.45) is 1.45. The molecular formula is C22H21ClN4O9S. The highest BCUT2D eigenvalue weighted by Crippen LogP contribution is 2.29. The summed E-state index contributed by atoms with van der Waals surface area (Å²) in [5.74, 6) is -0.923. The van der Waals surface area contributed by atoms with E-state index in [9.17, 15) is 28.1 Å². The molecule has 0 atom stereocenters. The zero-order chi connectivity index (χ0) is 27.0. The Kier molecular flexibility index (Phi) is 9.05. The number of nitro groups is 1. The van der Waals surface area contributed by atoms with E-state index in [1.807, 2.05) is 4.72 Å². The van der Waals surface area contributed by atoms with E-state index in [4.69, 9.17) is 25.5 Å². The Morgan fingerprint density at radius 2 is 1.92 bits per heavy atom. The number of carbonyl (C=O) groups is 2. The maximum Gasteiger partial charge on any atom is 0.321 e. The Morgan fingerprint density at radius 3 is 2.59 bits per heavy atom. The number of hydrogen-bond acceptors (Lipinski definition) is 10. The van der Waals surface area contributed by atoms with Crippen LogP contribution in [-0.4, -0.2) is 45.5 Å². The minimum absolute atomic E-state index is 0.0714. The topological polar surface area (TPSA) is 179 Å². The summed E-state index contributed by atoms with van der Waals surface area (Å²) in [5.41, 5.74) is -0.173. The number of methoxy groups -OCH3 is 1. The van der Waals surface area contributed by atoms with E-state index >= 15 is 0 Å². The molecule has 0 saturated carbocycles. The maximum atomic E-state index is 12.6. The lowest BCUT2D eigenvalue weighted by Gasteiger charge is -2.11. The van der Waals surface area contributed by atoms with E-state index in [-0.39, 0.29) is 17.9 Å². The number of ether oxygens (including phenoxy) is 2. The molecule has 3 rings (SSSR count). The largest absolute Gasteiger partial charge is 0.495 e. The predicted molar refractivity (Wildman–Crippen MR) is 132 cm³/mol. The minimum Gasteiger partial charge on any atom is -0.495 e. The van der Waals surface area contributed by atoms with Crippen molar-refractivity contribution in [2.24, 2.45) is 0 Å². The fourth-order valence-corrected chi connectivity index (χ4v) is 4.13. The normalized spacial score (nSPS) is 11.0. The Balaban J connectivity index is 1.56. The Morgan fingerprint density at radius 1 is 1.14 bits per heavy atom. The third kappa shape index (κ3) is 7.67. The molecule has 0 spiro atoms. The summed E-state index contributed by atoms with van der Waals surface area (Å²) in [5, 5.41) is 17.1. The molecular weight excluding hydrogens is 532 g/mol. The van der Waals surface area contributed by atoms with Crippen LogP contribution in [0.5, 0.6) is 5.75 Å². The van der Waals surface area contributed by atoms with Crippen LogP contribution in [0.2, 0.25) is 5.02 Å². The zero-order valence-corrected chi connectivity index (χ0v) is 20.8. The van der Waals surface area contributed by atoms with E-state index in [1.54, 1.807) is 18.2 Å². The average molecular weight is 553 g/mol. The number of halogens is 1. The second-order valence-corrected chi connectivity index (χ2v) is 9.45. The highest BCUT2D eigenvalue weighted by atomic mass is 35.5. The van der Waals surface area contributed by atoms with E-state index in [0.717, 1.165) is 12.1 Å². The van der Waals surface area contributed by atoms with Crippen molar-refractivity contribution in [1.29, 1.82) is 0 Å². The first kappa shape index (κ1) is 27.4. The van der Waals surface area contributed by atoms with E-state index in [1.165, 1.54) is 31.6 Å². The van der Waals surface area contributed by atoms with Gasteiger partial charge in [-0.15, -0.1) is 0 Å². The maximum absolute atomic E-state index is 12.6. The fourth-order valence-electron chi connectivity index (χ4n) is 2.97. The smallest absolute Gasteiger partial charge is 0.321 e. The van der Waals surface area contributed by atoms with Gasteiger partial charge in [-0.2, -0.15) is 4.72 Å². The van der Waals surface area contributed by atoms with Gasteiger partial charge in [0.05, 0.1) is 35.4 Å². The zero-order valence-electron chi connectivity index (χ0n) is 19.2. The Labute approximate surface area is 215 Å². The molecule has 1 heterocycles. The SMILES string of the molecule is COc1ccc(Cl)cc1NC(=O)COC(=O)CNS(=O)(=O)c1ccc(NCc2ccco2)c([N+](=O)[O-])c1. The Bertz CT molecular complexity index is 1400. The lowest BCUT2D eigenvalue weighted by atomic mass is 10.2. The summed E-state index contributed by atoms with van der Waals surface area (Å²) in [4.78, 5) is 34.3. The third-order valence-corrected chi connectivity index (χ3v) is 6.35. The highest BCUT2D eigenvalue weighted by Gasteiger charge is 2.23. The first-order valence-corrected chi connectivity index (χ1v) is 12.3. The molecule has 2 aromatic carbocycles. The average Bonchev–Trinajstić information content (AvgIpc) is 3.39. The number of anilines is 2. The van der Waals surface area contributed by atoms with Crippen molar-refractivity contribution in [3.05, 3.63) is 75.7 Å². The first-order chi connectivity index (χ1) is 17.6. The molecule has 0 bridgehead atoms. The van der Waals surface area contributed by atoms with Crippen LogP contribution in [0.1, 0.15) is 5.76 Å². The number of hydrogen-bond donors (Lipinski definition) is 3. The molecule has 13 nitrogen and oxygen atoms in total. The molecule has 0 radical (unpaired) electrons. The predicted octanol–water partition coefficient (Wildman–Crippen LogP) is 2.92. The molecule has 3 N–H and O–H groups in total. The van der Waals surface area contributed by atoms with E-state index in [0.29, 0.717) is 16.5 Å². The molecule has 0 aliphatic rings. The Hall–Kier alpha value is -4.14. The molecule has 0 fully saturated rings. The van der Waals surface area contributed by atoms with Gasteiger partial charge in [-0.3, -0.25) is 19.7 Å². The van der Waals surface area contributed by atoms with Crippen molar-refractivity contribution in [3.8, 4) is 5.75 Å². The molecule has 0 saturated heterocycles. The number of amides is 1. The fraction of sp³-hybridized carbons (Fsp3) is 0.182. The molecule has 196 valence electrons. The molecule has 3 aromatic rings. The van der Waals surface area contributed by atoms with Crippen molar-refractivity contribution >= 4 is 50.6 Å². The summed E-state index contributed by atoms with van der Waals surface area (Å²) < 4.78 is 42.1. The van der Waals surface area contributed by atoms with E-state index < -0.39 is 50.6 Å². The molecule has 1 aromatic heterocycles. The van der Waals surface area contributed by atoms with Gasteiger partial charge in [0.1, 0.15) is 23.7 Å². The molecule has 0 aliphatic carbocycles. The van der Waals surface area contributed by atoms with Gasteiger partial charge in [0.15, 0.2) is 6.61 Å². The van der Waals surface area contributed by atoms with Crippen molar-refractivity contribution in [3.63, 3.8) is 0 Å². The van der Waals surface area contributed by atoms with Gasteiger partial charge in [0, 0.05) is 11.1 Å². The van der Waals surface area contributed by atoms with Crippen molar-refractivity contribution in [2.75, 3.05) is 30.9 Å². The van der Waals surface area contributed by atoms with Crippen molar-refractivity contribution in [1.82, 2.24) is 4.72 Å². The van der Waals surface area contributed by atoms with Crippen LogP contribution in [0.4, 0.5) is 17.1 Å². The van der Waals surface area contributed by atoms with Gasteiger partial charge >= 0.3 is 5.97 Å². The summed E-state index contributed by atoms with van der Waals surface area (Å²) in [6.45, 7) is -1.39. The van der Waals surface area contributed by atoms with Crippen LogP contribution in [0.15, 0.2) is 64.1 Å². The second-order valence-electron chi connectivity index (χ2n) is 7.25. The standard InChI is InChI=1S/C22H21ClN4O9S/c1-34-20-7-4-14(23)9-18(20)26-21(28)13-36-22(29)12-25-37(32,33)16-5-6-17(19(10-16)27(30)31)24-11-15-3-2-8-35-15/h2-10,24-25H,11-13H2,1H3,(H,26,28). The number of nitrogens with zero attached hydrogens (tertiary/aromatic N) is 1. The first-order valence-electron chi connectivity index (χ1n) is 10.4. The van der Waals surface area contributed by atoms with Crippen LogP contribution in [0.3, 0.4) is 0 Å². The molecule has 37 heavy (non-hydrogen) atoms. The molecule has 0 unspecified atom stereocenters.